The fraction of sp³-hybridized carbons (Fsp3) is 0.150. The number of aliphatic carboxylic acids is 1. The van der Waals surface area contributed by atoms with E-state index in [0.717, 1.165) is 39.0 Å². The van der Waals surface area contributed by atoms with Crippen molar-refractivity contribution in [2.24, 2.45) is 7.05 Å². The van der Waals surface area contributed by atoms with Crippen molar-refractivity contribution in [2.75, 3.05) is 11.4 Å². The van der Waals surface area contributed by atoms with Crippen molar-refractivity contribution >= 4 is 34.0 Å². The Morgan fingerprint density at radius 1 is 1.19 bits per heavy atom. The number of hydrogen-bond acceptors (Lipinski definition) is 5. The first kappa shape index (κ1) is 22.0. The van der Waals surface area contributed by atoms with Crippen LogP contribution >= 0.6 is 11.3 Å². The van der Waals surface area contributed by atoms with E-state index in [-0.39, 0.29) is 34.1 Å². The molecule has 2 amide bonds. The number of carbonyl (C=O) groups is 2. The van der Waals surface area contributed by atoms with Crippen LogP contribution in [0.1, 0.15) is 6.42 Å². The van der Waals surface area contributed by atoms with Crippen LogP contribution in [0.5, 0.6) is 5.75 Å². The monoisotopic (exact) mass is 449 g/mol. The van der Waals surface area contributed by atoms with Crippen LogP contribution in [0.4, 0.5) is 24.3 Å². The number of thiophene rings is 1. The molecule has 0 radical (unpaired) electrons. The lowest BCUT2D eigenvalue weighted by Gasteiger charge is -2.22. The van der Waals surface area contributed by atoms with E-state index in [1.54, 1.807) is 0 Å². The SMILES string of the molecule is Cn1ccc(O)c(N(C(=O)NCCC(=O)O)c2ccc(-c3cc(F)ccc3F)s2)c1=O. The molecule has 31 heavy (non-hydrogen) atoms. The molecule has 0 unspecified atom stereocenters. The van der Waals surface area contributed by atoms with E-state index in [2.05, 4.69) is 5.32 Å². The van der Waals surface area contributed by atoms with Gasteiger partial charge in [-0.1, -0.05) is 0 Å². The Balaban J connectivity index is 2.08. The molecule has 0 fully saturated rings. The number of amides is 2. The minimum atomic E-state index is -1.13. The van der Waals surface area contributed by atoms with Crippen LogP contribution in [0, 0.1) is 11.6 Å². The second kappa shape index (κ2) is 8.96. The topological polar surface area (TPSA) is 112 Å². The van der Waals surface area contributed by atoms with Crippen LogP contribution in [0.25, 0.3) is 10.4 Å². The Morgan fingerprint density at radius 2 is 1.94 bits per heavy atom. The summed E-state index contributed by atoms with van der Waals surface area (Å²) in [5.74, 6) is -2.94. The van der Waals surface area contributed by atoms with Crippen molar-refractivity contribution in [1.82, 2.24) is 9.88 Å². The number of aromatic hydroxyl groups is 1. The zero-order valence-electron chi connectivity index (χ0n) is 16.1. The van der Waals surface area contributed by atoms with Gasteiger partial charge in [-0.3, -0.25) is 9.59 Å². The highest BCUT2D eigenvalue weighted by Gasteiger charge is 2.26. The first-order chi connectivity index (χ1) is 14.7. The van der Waals surface area contributed by atoms with Gasteiger partial charge in [-0.15, -0.1) is 11.3 Å². The van der Waals surface area contributed by atoms with E-state index >= 15 is 0 Å². The molecule has 8 nitrogen and oxygen atoms in total. The maximum atomic E-state index is 14.2. The fourth-order valence-electron chi connectivity index (χ4n) is 2.76. The molecule has 0 spiro atoms. The van der Waals surface area contributed by atoms with Crippen LogP contribution in [0.15, 0.2) is 47.4 Å². The molecule has 11 heteroatoms. The van der Waals surface area contributed by atoms with Crippen LogP contribution in [-0.4, -0.2) is 33.3 Å². The largest absolute Gasteiger partial charge is 0.505 e. The standard InChI is InChI=1S/C20H17F2N3O5S/c1-24-9-7-14(26)18(19(24)29)25(20(30)23-8-6-17(27)28)16-5-4-15(31-16)12-10-11(21)2-3-13(12)22/h2-5,7,9-10,26H,6,8H2,1H3,(H,23,30)(H,27,28). The summed E-state index contributed by atoms with van der Waals surface area (Å²) in [6, 6.07) is 6.15. The molecule has 0 aliphatic carbocycles. The van der Waals surface area contributed by atoms with Gasteiger partial charge in [0.15, 0.2) is 5.69 Å². The molecule has 0 saturated heterocycles. The highest BCUT2D eigenvalue weighted by molar-refractivity contribution is 7.19. The average molecular weight is 449 g/mol. The molecule has 3 rings (SSSR count). The maximum Gasteiger partial charge on any atom is 0.327 e. The predicted molar refractivity (Wildman–Crippen MR) is 111 cm³/mol. The number of anilines is 2. The second-order valence-electron chi connectivity index (χ2n) is 6.44. The van der Waals surface area contributed by atoms with E-state index in [1.165, 1.54) is 31.4 Å². The number of urea groups is 1. The molecular formula is C20H17F2N3O5S. The average Bonchev–Trinajstić information content (AvgIpc) is 3.19. The third-order valence-corrected chi connectivity index (χ3v) is 5.37. The van der Waals surface area contributed by atoms with Gasteiger partial charge >= 0.3 is 12.0 Å². The second-order valence-corrected chi connectivity index (χ2v) is 7.50. The van der Waals surface area contributed by atoms with Crippen molar-refractivity contribution in [3.05, 3.63) is 64.6 Å². The minimum Gasteiger partial charge on any atom is -0.505 e. The molecule has 3 aromatic rings. The number of carbonyl (C=O) groups excluding carboxylic acids is 1. The number of rotatable bonds is 6. The smallest absolute Gasteiger partial charge is 0.327 e. The molecule has 1 aromatic carbocycles. The number of nitrogens with one attached hydrogen (secondary N) is 1. The van der Waals surface area contributed by atoms with Gasteiger partial charge < -0.3 is 20.1 Å². The fourth-order valence-corrected chi connectivity index (χ4v) is 3.79. The number of halogens is 2. The number of aromatic nitrogens is 1. The Hall–Kier alpha value is -3.73. The molecule has 0 aliphatic rings. The minimum absolute atomic E-state index is 0.0346. The summed E-state index contributed by atoms with van der Waals surface area (Å²) in [5, 5.41) is 21.6. The van der Waals surface area contributed by atoms with E-state index < -0.39 is 34.9 Å². The number of hydrogen-bond donors (Lipinski definition) is 3. The van der Waals surface area contributed by atoms with Crippen LogP contribution in [-0.2, 0) is 11.8 Å². The number of carboxylic acid groups (broad SMARTS) is 1. The molecule has 2 heterocycles. The molecule has 162 valence electrons. The highest BCUT2D eigenvalue weighted by atomic mass is 32.1. The summed E-state index contributed by atoms with van der Waals surface area (Å²) in [5.41, 5.74) is -1.10. The van der Waals surface area contributed by atoms with Gasteiger partial charge in [0.25, 0.3) is 5.56 Å². The molecular weight excluding hydrogens is 432 g/mol. The van der Waals surface area contributed by atoms with Gasteiger partial charge in [0, 0.05) is 30.2 Å². The molecule has 3 N–H and O–H groups in total. The summed E-state index contributed by atoms with van der Waals surface area (Å²) < 4.78 is 28.9. The lowest BCUT2D eigenvalue weighted by atomic mass is 10.2. The number of benzene rings is 1. The Kier molecular flexibility index (Phi) is 6.35. The lowest BCUT2D eigenvalue weighted by molar-refractivity contribution is -0.136. The Labute approximate surface area is 178 Å². The van der Waals surface area contributed by atoms with Crippen molar-refractivity contribution in [3.63, 3.8) is 0 Å². The molecule has 0 atom stereocenters. The molecule has 0 saturated carbocycles. The van der Waals surface area contributed by atoms with Crippen LogP contribution < -0.4 is 15.8 Å². The summed E-state index contributed by atoms with van der Waals surface area (Å²) in [4.78, 5) is 37.4. The summed E-state index contributed by atoms with van der Waals surface area (Å²) >= 11 is 0.886. The van der Waals surface area contributed by atoms with E-state index in [1.807, 2.05) is 0 Å². The number of pyridine rings is 1. The summed E-state index contributed by atoms with van der Waals surface area (Å²) in [7, 11) is 1.42. The van der Waals surface area contributed by atoms with Crippen molar-refractivity contribution in [2.45, 2.75) is 6.42 Å². The predicted octanol–water partition coefficient (Wildman–Crippen LogP) is 3.42. The van der Waals surface area contributed by atoms with Gasteiger partial charge in [-0.25, -0.2) is 18.5 Å². The van der Waals surface area contributed by atoms with Gasteiger partial charge in [0.05, 0.1) is 6.42 Å². The highest BCUT2D eigenvalue weighted by Crippen LogP contribution is 2.39. The van der Waals surface area contributed by atoms with Crippen LogP contribution in [0.3, 0.4) is 0 Å². The molecule has 0 aliphatic heterocycles. The lowest BCUT2D eigenvalue weighted by Crippen LogP contribution is -2.40. The molecule has 0 bridgehead atoms. The first-order valence-electron chi connectivity index (χ1n) is 8.92. The van der Waals surface area contributed by atoms with Gasteiger partial charge in [0.1, 0.15) is 22.4 Å². The van der Waals surface area contributed by atoms with Crippen molar-refractivity contribution in [3.8, 4) is 16.2 Å². The van der Waals surface area contributed by atoms with Crippen molar-refractivity contribution in [1.29, 1.82) is 0 Å². The zero-order chi connectivity index (χ0) is 22.7. The quantitative estimate of drug-likeness (QED) is 0.534. The van der Waals surface area contributed by atoms with E-state index in [0.29, 0.717) is 0 Å². The van der Waals surface area contributed by atoms with Crippen molar-refractivity contribution < 1.29 is 28.6 Å². The summed E-state index contributed by atoms with van der Waals surface area (Å²) in [6.45, 7) is -0.227. The maximum absolute atomic E-state index is 14.2. The Morgan fingerprint density at radius 3 is 2.65 bits per heavy atom. The summed E-state index contributed by atoms with van der Waals surface area (Å²) in [6.07, 6.45) is 0.951. The molecule has 2 aromatic heterocycles. The number of nitrogens with zero attached hydrogens (tertiary/aromatic N) is 2. The van der Waals surface area contributed by atoms with Gasteiger partial charge in [0.2, 0.25) is 0 Å². The first-order valence-corrected chi connectivity index (χ1v) is 9.74. The van der Waals surface area contributed by atoms with Gasteiger partial charge in [-0.05, 0) is 36.4 Å². The number of aryl methyl sites for hydroxylation is 1. The third kappa shape index (κ3) is 4.72. The van der Waals surface area contributed by atoms with E-state index in [9.17, 15) is 28.3 Å². The van der Waals surface area contributed by atoms with E-state index in [4.69, 9.17) is 5.11 Å². The normalized spacial score (nSPS) is 10.7. The number of carboxylic acids is 1. The third-order valence-electron chi connectivity index (χ3n) is 4.27. The Bertz CT molecular complexity index is 1210. The van der Waals surface area contributed by atoms with Crippen LogP contribution in [0.2, 0.25) is 0 Å². The zero-order valence-corrected chi connectivity index (χ0v) is 16.9. The van der Waals surface area contributed by atoms with Gasteiger partial charge in [-0.2, -0.15) is 0 Å².